The minimum Gasteiger partial charge on any atom is -0.494 e. The van der Waals surface area contributed by atoms with Gasteiger partial charge in [0.1, 0.15) is 11.3 Å². The van der Waals surface area contributed by atoms with Gasteiger partial charge in [-0.05, 0) is 71.6 Å². The molecule has 1 N–H and O–H groups in total. The molecular weight excluding hydrogens is 537 g/mol. The van der Waals surface area contributed by atoms with Crippen LogP contribution in [-0.4, -0.2) is 35.6 Å². The number of benzene rings is 2. The Bertz CT molecular complexity index is 1130. The predicted molar refractivity (Wildman–Crippen MR) is 126 cm³/mol. The van der Waals surface area contributed by atoms with Crippen LogP contribution < -0.4 is 19.7 Å². The van der Waals surface area contributed by atoms with Gasteiger partial charge in [-0.25, -0.2) is 0 Å². The fraction of sp³-hybridized carbons (Fsp3) is 0.150. The highest BCUT2D eigenvalue weighted by molar-refractivity contribution is 14.1. The molecule has 1 heterocycles. The fourth-order valence-corrected chi connectivity index (χ4v) is 4.10. The van der Waals surface area contributed by atoms with E-state index in [1.54, 1.807) is 30.3 Å². The summed E-state index contributed by atoms with van der Waals surface area (Å²) >= 11 is 7.08. The summed E-state index contributed by atoms with van der Waals surface area (Å²) in [6.07, 6.45) is 1.29. The van der Waals surface area contributed by atoms with E-state index in [2.05, 4.69) is 5.32 Å². The third kappa shape index (κ3) is 4.66. The number of halogens is 1. The van der Waals surface area contributed by atoms with Crippen molar-refractivity contribution in [3.05, 3.63) is 61.2 Å². The van der Waals surface area contributed by atoms with Gasteiger partial charge in [0, 0.05) is 12.1 Å². The molecule has 9 nitrogen and oxygen atoms in total. The van der Waals surface area contributed by atoms with Crippen LogP contribution in [0.25, 0.3) is 6.08 Å². The zero-order chi connectivity index (χ0) is 22.7. The Labute approximate surface area is 196 Å². The van der Waals surface area contributed by atoms with Gasteiger partial charge in [-0.15, -0.1) is 0 Å². The van der Waals surface area contributed by atoms with Crippen molar-refractivity contribution in [2.75, 3.05) is 18.6 Å². The minimum absolute atomic E-state index is 0.0731. The molecule has 1 aliphatic rings. The molecule has 0 unspecified atom stereocenters. The molecular formula is C20H16IN3O6S. The third-order valence-corrected chi connectivity index (χ3v) is 5.33. The molecule has 1 aliphatic heterocycles. The number of nitrogens with zero attached hydrogens (tertiary/aromatic N) is 2. The second-order valence-corrected chi connectivity index (χ2v) is 7.75. The van der Waals surface area contributed by atoms with Crippen molar-refractivity contribution in [3.8, 4) is 11.5 Å². The van der Waals surface area contributed by atoms with Crippen molar-refractivity contribution in [2.45, 2.75) is 6.92 Å². The van der Waals surface area contributed by atoms with Crippen molar-refractivity contribution in [1.29, 1.82) is 0 Å². The maximum absolute atomic E-state index is 13.2. The normalized spacial score (nSPS) is 15.1. The van der Waals surface area contributed by atoms with E-state index in [9.17, 15) is 19.7 Å². The van der Waals surface area contributed by atoms with Crippen LogP contribution in [0.5, 0.6) is 11.5 Å². The Balaban J connectivity index is 2.05. The van der Waals surface area contributed by atoms with Gasteiger partial charge in [-0.1, -0.05) is 6.07 Å². The van der Waals surface area contributed by atoms with Crippen LogP contribution in [0, 0.1) is 13.7 Å². The molecule has 0 saturated carbocycles. The Morgan fingerprint density at radius 3 is 2.68 bits per heavy atom. The number of carbonyl (C=O) groups excluding carboxylic acids is 2. The van der Waals surface area contributed by atoms with Crippen molar-refractivity contribution < 1.29 is 24.0 Å². The fourth-order valence-electron chi connectivity index (χ4n) is 2.96. The lowest BCUT2D eigenvalue weighted by atomic mass is 10.1. The Kier molecular flexibility index (Phi) is 6.85. The van der Waals surface area contributed by atoms with Crippen LogP contribution >= 0.6 is 34.8 Å². The number of nitro groups is 1. The Hall–Kier alpha value is -3.06. The van der Waals surface area contributed by atoms with E-state index in [-0.39, 0.29) is 22.1 Å². The summed E-state index contributed by atoms with van der Waals surface area (Å²) in [6, 6.07) is 9.53. The largest absolute Gasteiger partial charge is 0.494 e. The first kappa shape index (κ1) is 22.6. The molecule has 1 fully saturated rings. The van der Waals surface area contributed by atoms with E-state index < -0.39 is 16.7 Å². The monoisotopic (exact) mass is 553 g/mol. The van der Waals surface area contributed by atoms with Gasteiger partial charge in [-0.2, -0.15) is 0 Å². The molecule has 160 valence electrons. The van der Waals surface area contributed by atoms with E-state index in [1.165, 1.54) is 24.2 Å². The van der Waals surface area contributed by atoms with Gasteiger partial charge in [-0.3, -0.25) is 29.9 Å². The second-order valence-electron chi connectivity index (χ2n) is 6.20. The standard InChI is InChI=1S/C20H16IN3O6S/c1-3-30-13-6-4-5-12(10-13)23-19(26)14(18(25)22-20(23)31)7-11-8-15(21)17(29-2)16(9-11)24(27)28/h4-10H,3H2,1-2H3,(H,22,25,31)/b14-7+. The summed E-state index contributed by atoms with van der Waals surface area (Å²) in [6.45, 7) is 2.28. The summed E-state index contributed by atoms with van der Waals surface area (Å²) in [5, 5.41) is 13.8. The zero-order valence-corrected chi connectivity index (χ0v) is 19.4. The van der Waals surface area contributed by atoms with Crippen LogP contribution in [0.1, 0.15) is 12.5 Å². The number of hydrogen-bond acceptors (Lipinski definition) is 7. The van der Waals surface area contributed by atoms with Crippen LogP contribution in [0.15, 0.2) is 42.0 Å². The number of methoxy groups -OCH3 is 1. The molecule has 11 heteroatoms. The second kappa shape index (κ2) is 9.39. The number of thiocarbonyl (C=S) groups is 1. The van der Waals surface area contributed by atoms with E-state index in [1.807, 2.05) is 29.5 Å². The average Bonchev–Trinajstić information content (AvgIpc) is 2.71. The molecule has 3 rings (SSSR count). The van der Waals surface area contributed by atoms with Gasteiger partial charge in [0.15, 0.2) is 5.11 Å². The van der Waals surface area contributed by atoms with Gasteiger partial charge < -0.3 is 9.47 Å². The number of nitrogens with one attached hydrogen (secondary N) is 1. The van der Waals surface area contributed by atoms with Crippen molar-refractivity contribution in [3.63, 3.8) is 0 Å². The van der Waals surface area contributed by atoms with E-state index in [0.717, 1.165) is 0 Å². The highest BCUT2D eigenvalue weighted by atomic mass is 127. The van der Waals surface area contributed by atoms with Crippen molar-refractivity contribution in [1.82, 2.24) is 5.32 Å². The lowest BCUT2D eigenvalue weighted by Crippen LogP contribution is -2.54. The van der Waals surface area contributed by atoms with Crippen LogP contribution in [0.2, 0.25) is 0 Å². The lowest BCUT2D eigenvalue weighted by molar-refractivity contribution is -0.385. The first-order valence-electron chi connectivity index (χ1n) is 8.93. The van der Waals surface area contributed by atoms with Crippen LogP contribution in [-0.2, 0) is 9.59 Å². The number of amides is 2. The van der Waals surface area contributed by atoms with E-state index in [4.69, 9.17) is 21.7 Å². The highest BCUT2D eigenvalue weighted by Crippen LogP contribution is 2.34. The summed E-state index contributed by atoms with van der Waals surface area (Å²) < 4.78 is 11.0. The maximum Gasteiger partial charge on any atom is 0.312 e. The average molecular weight is 553 g/mol. The number of rotatable bonds is 6. The summed E-state index contributed by atoms with van der Waals surface area (Å²) in [5.41, 5.74) is 0.223. The van der Waals surface area contributed by atoms with Gasteiger partial charge in [0.2, 0.25) is 5.75 Å². The number of nitro benzene ring substituents is 1. The van der Waals surface area contributed by atoms with Gasteiger partial charge in [0.05, 0.1) is 27.9 Å². The molecule has 0 bridgehead atoms. The number of hydrogen-bond donors (Lipinski definition) is 1. The number of anilines is 1. The molecule has 31 heavy (non-hydrogen) atoms. The van der Waals surface area contributed by atoms with Crippen molar-refractivity contribution >= 4 is 69.2 Å². The molecule has 0 spiro atoms. The first-order chi connectivity index (χ1) is 14.8. The molecule has 0 aromatic heterocycles. The molecule has 0 radical (unpaired) electrons. The maximum atomic E-state index is 13.2. The quantitative estimate of drug-likeness (QED) is 0.146. The Morgan fingerprint density at radius 1 is 1.29 bits per heavy atom. The zero-order valence-electron chi connectivity index (χ0n) is 16.4. The smallest absolute Gasteiger partial charge is 0.312 e. The van der Waals surface area contributed by atoms with Crippen molar-refractivity contribution in [2.24, 2.45) is 0 Å². The Morgan fingerprint density at radius 2 is 2.03 bits per heavy atom. The minimum atomic E-state index is -0.694. The van der Waals surface area contributed by atoms with Crippen LogP contribution in [0.3, 0.4) is 0 Å². The molecule has 2 aromatic carbocycles. The number of carbonyl (C=O) groups is 2. The molecule has 0 aliphatic carbocycles. The summed E-state index contributed by atoms with van der Waals surface area (Å²) in [5.74, 6) is -0.711. The molecule has 2 amide bonds. The lowest BCUT2D eigenvalue weighted by Gasteiger charge is -2.29. The summed E-state index contributed by atoms with van der Waals surface area (Å²) in [4.78, 5) is 37.6. The number of ether oxygens (including phenoxy) is 2. The first-order valence-corrected chi connectivity index (χ1v) is 10.4. The summed E-state index contributed by atoms with van der Waals surface area (Å²) in [7, 11) is 1.33. The van der Waals surface area contributed by atoms with E-state index in [0.29, 0.717) is 27.2 Å². The molecule has 2 aromatic rings. The third-order valence-electron chi connectivity index (χ3n) is 4.25. The SMILES string of the molecule is CCOc1cccc(N2C(=O)/C(=C/c3cc(I)c(OC)c([N+](=O)[O-])c3)C(=O)NC2=S)c1. The van der Waals surface area contributed by atoms with E-state index >= 15 is 0 Å². The van der Waals surface area contributed by atoms with Gasteiger partial charge in [0.25, 0.3) is 11.8 Å². The predicted octanol–water partition coefficient (Wildman–Crippen LogP) is 3.44. The topological polar surface area (TPSA) is 111 Å². The van der Waals surface area contributed by atoms with Crippen LogP contribution in [0.4, 0.5) is 11.4 Å². The molecule has 0 atom stereocenters. The van der Waals surface area contributed by atoms with Gasteiger partial charge >= 0.3 is 5.69 Å². The molecule has 1 saturated heterocycles. The highest BCUT2D eigenvalue weighted by Gasteiger charge is 2.35.